The van der Waals surface area contributed by atoms with Crippen LogP contribution in [0.25, 0.3) is 0 Å². The quantitative estimate of drug-likeness (QED) is 0.392. The molecule has 0 aromatic carbocycles. The normalized spacial score (nSPS) is 20.3. The zero-order valence-corrected chi connectivity index (χ0v) is 17.3. The van der Waals surface area contributed by atoms with Gasteiger partial charge >= 0.3 is 0 Å². The van der Waals surface area contributed by atoms with Crippen LogP contribution in [-0.2, 0) is 0 Å². The van der Waals surface area contributed by atoms with Crippen LogP contribution in [0.3, 0.4) is 0 Å². The highest BCUT2D eigenvalue weighted by Gasteiger charge is 2.34. The maximum Gasteiger partial charge on any atom is 0.125 e. The van der Waals surface area contributed by atoms with Gasteiger partial charge in [0.1, 0.15) is 5.84 Å². The molecule has 1 aliphatic heterocycles. The van der Waals surface area contributed by atoms with Crippen LogP contribution in [0.5, 0.6) is 0 Å². The zero-order valence-electron chi connectivity index (χ0n) is 17.3. The number of amidine groups is 1. The fraction of sp³-hybridized carbons (Fsp3) is 0.950. The van der Waals surface area contributed by atoms with Crippen molar-refractivity contribution in [2.45, 2.75) is 86.5 Å². The second-order valence-electron chi connectivity index (χ2n) is 7.11. The summed E-state index contributed by atoms with van der Waals surface area (Å²) in [7, 11) is 0. The Hall–Kier alpha value is -0.770. The minimum absolute atomic E-state index is 0.00165. The predicted molar refractivity (Wildman–Crippen MR) is 108 cm³/mol. The largest absolute Gasteiger partial charge is 0.385 e. The van der Waals surface area contributed by atoms with Crippen molar-refractivity contribution in [3.05, 3.63) is 0 Å². The lowest BCUT2D eigenvalue weighted by Gasteiger charge is -2.36. The summed E-state index contributed by atoms with van der Waals surface area (Å²) in [5.41, 5.74) is 9.51. The molecular weight excluding hydrogens is 296 g/mol. The van der Waals surface area contributed by atoms with Gasteiger partial charge in [0.2, 0.25) is 0 Å². The average molecular weight is 341 g/mol. The van der Waals surface area contributed by atoms with E-state index in [0.717, 1.165) is 31.4 Å². The van der Waals surface area contributed by atoms with Gasteiger partial charge in [-0.05, 0) is 50.6 Å². The minimum atomic E-state index is 0.00165. The number of nitrogens with two attached hydrogens (primary N) is 1. The standard InChI is InChI=1S/C16H32N4.2C2H6/c1-16(2,14-8-10-18-11-9-14)15(17)20-19-12-13-6-4-3-5-7-13;2*1-2/h13-14,18-19H,3-12H2,1-2H3,(H2,17,20);2*1-2H3. The molecule has 4 nitrogen and oxygen atoms in total. The molecule has 0 atom stereocenters. The monoisotopic (exact) mass is 340 g/mol. The van der Waals surface area contributed by atoms with Gasteiger partial charge in [0.05, 0.1) is 0 Å². The molecule has 2 fully saturated rings. The fourth-order valence-corrected chi connectivity index (χ4v) is 3.55. The van der Waals surface area contributed by atoms with Crippen molar-refractivity contribution in [1.29, 1.82) is 0 Å². The van der Waals surface area contributed by atoms with Crippen LogP contribution >= 0.6 is 0 Å². The van der Waals surface area contributed by atoms with E-state index in [0.29, 0.717) is 5.92 Å². The third-order valence-electron chi connectivity index (χ3n) is 5.32. The van der Waals surface area contributed by atoms with Crippen molar-refractivity contribution in [3.63, 3.8) is 0 Å². The summed E-state index contributed by atoms with van der Waals surface area (Å²) < 4.78 is 0. The van der Waals surface area contributed by atoms with E-state index in [-0.39, 0.29) is 5.41 Å². The highest BCUT2D eigenvalue weighted by atomic mass is 15.3. The summed E-state index contributed by atoms with van der Waals surface area (Å²) in [4.78, 5) is 0. The van der Waals surface area contributed by atoms with Crippen LogP contribution in [0, 0.1) is 17.3 Å². The second kappa shape index (κ2) is 13.5. The molecule has 0 aromatic heterocycles. The van der Waals surface area contributed by atoms with Crippen molar-refractivity contribution in [2.24, 2.45) is 28.1 Å². The molecule has 2 aliphatic rings. The zero-order chi connectivity index (χ0) is 18.4. The minimum Gasteiger partial charge on any atom is -0.385 e. The van der Waals surface area contributed by atoms with Crippen molar-refractivity contribution in [3.8, 4) is 0 Å². The van der Waals surface area contributed by atoms with Gasteiger partial charge in [-0.15, -0.1) is 0 Å². The Morgan fingerprint density at radius 2 is 1.54 bits per heavy atom. The van der Waals surface area contributed by atoms with Crippen LogP contribution in [0.1, 0.15) is 86.5 Å². The van der Waals surface area contributed by atoms with Crippen molar-refractivity contribution < 1.29 is 0 Å². The van der Waals surface area contributed by atoms with E-state index in [4.69, 9.17) is 5.73 Å². The third kappa shape index (κ3) is 7.87. The smallest absolute Gasteiger partial charge is 0.125 e. The van der Waals surface area contributed by atoms with E-state index in [9.17, 15) is 0 Å². The molecular formula is C20H44N4. The Bertz CT molecular complexity index is 314. The second-order valence-corrected chi connectivity index (χ2v) is 7.11. The van der Waals surface area contributed by atoms with E-state index in [1.165, 1.54) is 44.9 Å². The third-order valence-corrected chi connectivity index (χ3v) is 5.32. The summed E-state index contributed by atoms with van der Waals surface area (Å²) >= 11 is 0. The molecule has 24 heavy (non-hydrogen) atoms. The number of hydrazone groups is 1. The van der Waals surface area contributed by atoms with Crippen molar-refractivity contribution >= 4 is 5.84 Å². The first-order valence-corrected chi connectivity index (χ1v) is 10.4. The summed E-state index contributed by atoms with van der Waals surface area (Å²) in [6.07, 6.45) is 9.26. The molecule has 1 heterocycles. The Balaban J connectivity index is 0.00000123. The summed E-state index contributed by atoms with van der Waals surface area (Å²) in [6, 6.07) is 0. The Labute approximate surface area is 151 Å². The lowest BCUT2D eigenvalue weighted by atomic mass is 9.73. The number of hydrogen-bond donors (Lipinski definition) is 3. The molecule has 144 valence electrons. The maximum absolute atomic E-state index is 6.27. The first-order valence-electron chi connectivity index (χ1n) is 10.4. The van der Waals surface area contributed by atoms with Gasteiger partial charge < -0.3 is 16.5 Å². The van der Waals surface area contributed by atoms with Crippen LogP contribution in [0.15, 0.2) is 5.10 Å². The maximum atomic E-state index is 6.27. The average Bonchev–Trinajstić information content (AvgIpc) is 2.66. The molecule has 0 radical (unpaired) electrons. The molecule has 0 amide bonds. The predicted octanol–water partition coefficient (Wildman–Crippen LogP) is 4.51. The van der Waals surface area contributed by atoms with Gasteiger partial charge in [-0.3, -0.25) is 0 Å². The van der Waals surface area contributed by atoms with Crippen LogP contribution in [0.4, 0.5) is 0 Å². The van der Waals surface area contributed by atoms with Crippen molar-refractivity contribution in [1.82, 2.24) is 10.7 Å². The van der Waals surface area contributed by atoms with Crippen molar-refractivity contribution in [2.75, 3.05) is 19.6 Å². The van der Waals surface area contributed by atoms with Gasteiger partial charge in [-0.2, -0.15) is 5.10 Å². The van der Waals surface area contributed by atoms with Crippen LogP contribution < -0.4 is 16.5 Å². The molecule has 1 saturated heterocycles. The van der Waals surface area contributed by atoms with Gasteiger partial charge in [0.15, 0.2) is 0 Å². The highest BCUT2D eigenvalue weighted by Crippen LogP contribution is 2.33. The molecule has 4 N–H and O–H groups in total. The topological polar surface area (TPSA) is 62.4 Å². The van der Waals surface area contributed by atoms with Crippen LogP contribution in [-0.4, -0.2) is 25.5 Å². The first kappa shape index (κ1) is 23.2. The fourth-order valence-electron chi connectivity index (χ4n) is 3.55. The molecule has 0 spiro atoms. The number of nitrogens with zero attached hydrogens (tertiary/aromatic N) is 1. The Morgan fingerprint density at radius 1 is 1.00 bits per heavy atom. The van der Waals surface area contributed by atoms with E-state index < -0.39 is 0 Å². The molecule has 4 heteroatoms. The van der Waals surface area contributed by atoms with Gasteiger partial charge in [0.25, 0.3) is 0 Å². The number of piperidine rings is 1. The molecule has 2 rings (SSSR count). The molecule has 0 unspecified atom stereocenters. The Kier molecular flexibility index (Phi) is 13.1. The summed E-state index contributed by atoms with van der Waals surface area (Å²) in [5, 5.41) is 7.90. The van der Waals surface area contributed by atoms with E-state index in [2.05, 4.69) is 29.7 Å². The number of hydrogen-bond acceptors (Lipinski definition) is 3. The molecule has 0 aromatic rings. The van der Waals surface area contributed by atoms with Crippen LogP contribution in [0.2, 0.25) is 0 Å². The molecule has 1 saturated carbocycles. The van der Waals surface area contributed by atoms with Gasteiger partial charge in [0, 0.05) is 12.0 Å². The van der Waals surface area contributed by atoms with E-state index in [1.807, 2.05) is 27.7 Å². The number of nitrogens with one attached hydrogen (secondary N) is 2. The lowest BCUT2D eigenvalue weighted by Crippen LogP contribution is -2.44. The first-order chi connectivity index (χ1) is 11.6. The SMILES string of the molecule is CC.CC.CC(C)(/C(N)=N/NCC1CCCCC1)C1CCNCC1. The van der Waals surface area contributed by atoms with E-state index in [1.54, 1.807) is 0 Å². The summed E-state index contributed by atoms with van der Waals surface area (Å²) in [6.45, 7) is 15.7. The number of rotatable bonds is 5. The van der Waals surface area contributed by atoms with E-state index >= 15 is 0 Å². The Morgan fingerprint density at radius 3 is 2.08 bits per heavy atom. The molecule has 0 bridgehead atoms. The van der Waals surface area contributed by atoms with Gasteiger partial charge in [-0.1, -0.05) is 60.8 Å². The molecule has 1 aliphatic carbocycles. The highest BCUT2D eigenvalue weighted by molar-refractivity contribution is 5.85. The lowest BCUT2D eigenvalue weighted by molar-refractivity contribution is 0.237. The summed E-state index contributed by atoms with van der Waals surface area (Å²) in [5.74, 6) is 2.21. The van der Waals surface area contributed by atoms with Gasteiger partial charge in [-0.25, -0.2) is 0 Å².